The Morgan fingerprint density at radius 1 is 1.21 bits per heavy atom. The van der Waals surface area contributed by atoms with E-state index in [1.165, 1.54) is 12.1 Å². The van der Waals surface area contributed by atoms with Crippen LogP contribution < -0.4 is 10.0 Å². The van der Waals surface area contributed by atoms with Gasteiger partial charge in [0.25, 0.3) is 0 Å². The fourth-order valence-corrected chi connectivity index (χ4v) is 3.68. The molecule has 19 heavy (non-hydrogen) atoms. The molecule has 108 valence electrons. The second-order valence-corrected chi connectivity index (χ2v) is 6.59. The Kier molecular flexibility index (Phi) is 5.46. The van der Waals surface area contributed by atoms with Crippen LogP contribution in [0, 0.1) is 25.6 Å². The van der Waals surface area contributed by atoms with Crippen LogP contribution in [0.25, 0.3) is 0 Å². The Morgan fingerprint density at radius 3 is 2.21 bits per heavy atom. The Labute approximate surface area is 114 Å². The average molecular weight is 288 g/mol. The van der Waals surface area contributed by atoms with Gasteiger partial charge in [-0.1, -0.05) is 6.92 Å². The van der Waals surface area contributed by atoms with Crippen molar-refractivity contribution in [3.63, 3.8) is 0 Å². The molecule has 0 aliphatic heterocycles. The third kappa shape index (κ3) is 4.26. The van der Waals surface area contributed by atoms with Crippen LogP contribution in [-0.2, 0) is 10.0 Å². The average Bonchev–Trinajstić information content (AvgIpc) is 2.25. The van der Waals surface area contributed by atoms with Gasteiger partial charge in [-0.25, -0.2) is 17.5 Å². The summed E-state index contributed by atoms with van der Waals surface area (Å²) < 4.78 is 40.2. The lowest BCUT2D eigenvalue weighted by molar-refractivity contribution is 0.518. The van der Waals surface area contributed by atoms with E-state index in [4.69, 9.17) is 0 Å². The highest BCUT2D eigenvalue weighted by Crippen LogP contribution is 2.21. The summed E-state index contributed by atoms with van der Waals surface area (Å²) in [4.78, 5) is 0.172. The van der Waals surface area contributed by atoms with Gasteiger partial charge in [-0.3, -0.25) is 0 Å². The van der Waals surface area contributed by atoms with Crippen molar-refractivity contribution < 1.29 is 12.8 Å². The maximum Gasteiger partial charge on any atom is 0.241 e. The summed E-state index contributed by atoms with van der Waals surface area (Å²) in [5.74, 6) is -0.238. The molecular weight excluding hydrogens is 267 g/mol. The van der Waals surface area contributed by atoms with Gasteiger partial charge >= 0.3 is 0 Å². The molecule has 0 amide bonds. The Bertz CT molecular complexity index is 521. The molecule has 1 unspecified atom stereocenters. The van der Waals surface area contributed by atoms with Gasteiger partial charge in [0.15, 0.2) is 0 Å². The first-order chi connectivity index (χ1) is 8.77. The van der Waals surface area contributed by atoms with E-state index in [-0.39, 0.29) is 10.8 Å². The largest absolute Gasteiger partial charge is 0.319 e. The number of rotatable bonds is 6. The minimum atomic E-state index is -3.60. The van der Waals surface area contributed by atoms with Crippen molar-refractivity contribution in [1.82, 2.24) is 10.0 Å². The first kappa shape index (κ1) is 16.1. The van der Waals surface area contributed by atoms with E-state index in [2.05, 4.69) is 10.0 Å². The van der Waals surface area contributed by atoms with Crippen LogP contribution in [0.3, 0.4) is 0 Å². The van der Waals surface area contributed by atoms with E-state index in [1.54, 1.807) is 13.8 Å². The summed E-state index contributed by atoms with van der Waals surface area (Å²) in [7, 11) is -1.78. The topological polar surface area (TPSA) is 58.2 Å². The zero-order valence-corrected chi connectivity index (χ0v) is 12.6. The molecule has 0 radical (unpaired) electrons. The molecule has 0 saturated carbocycles. The van der Waals surface area contributed by atoms with E-state index in [0.29, 0.717) is 17.7 Å². The third-order valence-electron chi connectivity index (χ3n) is 2.87. The van der Waals surface area contributed by atoms with Gasteiger partial charge in [0.2, 0.25) is 10.0 Å². The van der Waals surface area contributed by atoms with Gasteiger partial charge in [-0.15, -0.1) is 0 Å². The summed E-state index contributed by atoms with van der Waals surface area (Å²) >= 11 is 0. The van der Waals surface area contributed by atoms with Gasteiger partial charge in [0, 0.05) is 6.54 Å². The van der Waals surface area contributed by atoms with E-state index < -0.39 is 15.8 Å². The molecule has 0 saturated heterocycles. The molecule has 0 bridgehead atoms. The predicted molar refractivity (Wildman–Crippen MR) is 74.2 cm³/mol. The maximum absolute atomic E-state index is 13.2. The molecule has 6 heteroatoms. The van der Waals surface area contributed by atoms with Crippen LogP contribution in [0.15, 0.2) is 17.0 Å². The summed E-state index contributed by atoms with van der Waals surface area (Å²) in [6, 6.07) is 2.47. The van der Waals surface area contributed by atoms with Crippen molar-refractivity contribution in [2.24, 2.45) is 5.92 Å². The Morgan fingerprint density at radius 2 is 1.74 bits per heavy atom. The molecule has 0 aliphatic carbocycles. The predicted octanol–water partition coefficient (Wildman–Crippen LogP) is 1.58. The second-order valence-electron chi connectivity index (χ2n) is 4.88. The summed E-state index contributed by atoms with van der Waals surface area (Å²) in [6.45, 7) is 6.22. The van der Waals surface area contributed by atoms with E-state index in [1.807, 2.05) is 14.0 Å². The van der Waals surface area contributed by atoms with Crippen molar-refractivity contribution >= 4 is 10.0 Å². The summed E-state index contributed by atoms with van der Waals surface area (Å²) in [5, 5.41) is 2.99. The van der Waals surface area contributed by atoms with Crippen LogP contribution in [0.4, 0.5) is 4.39 Å². The van der Waals surface area contributed by atoms with Crippen LogP contribution in [0.1, 0.15) is 18.1 Å². The highest BCUT2D eigenvalue weighted by molar-refractivity contribution is 7.89. The van der Waals surface area contributed by atoms with Crippen molar-refractivity contribution in [3.8, 4) is 0 Å². The molecule has 1 rings (SSSR count). The van der Waals surface area contributed by atoms with E-state index >= 15 is 0 Å². The molecule has 0 spiro atoms. The first-order valence-electron chi connectivity index (χ1n) is 6.19. The highest BCUT2D eigenvalue weighted by Gasteiger charge is 2.20. The molecule has 2 N–H and O–H groups in total. The molecule has 1 aromatic rings. The molecule has 0 fully saturated rings. The maximum atomic E-state index is 13.2. The lowest BCUT2D eigenvalue weighted by Crippen LogP contribution is -2.33. The lowest BCUT2D eigenvalue weighted by Gasteiger charge is -2.15. The van der Waals surface area contributed by atoms with Crippen LogP contribution in [0.2, 0.25) is 0 Å². The monoisotopic (exact) mass is 288 g/mol. The van der Waals surface area contributed by atoms with Crippen LogP contribution in [0.5, 0.6) is 0 Å². The van der Waals surface area contributed by atoms with Gasteiger partial charge < -0.3 is 5.32 Å². The fourth-order valence-electron chi connectivity index (χ4n) is 2.07. The molecule has 1 aromatic carbocycles. The van der Waals surface area contributed by atoms with Gasteiger partial charge in [-0.05, 0) is 56.6 Å². The molecule has 4 nitrogen and oxygen atoms in total. The zero-order valence-electron chi connectivity index (χ0n) is 11.7. The fraction of sp³-hybridized carbons (Fsp3) is 0.538. The number of halogens is 1. The first-order valence-corrected chi connectivity index (χ1v) is 7.67. The molecule has 0 aromatic heterocycles. The summed E-state index contributed by atoms with van der Waals surface area (Å²) in [6.07, 6.45) is 0. The number of benzene rings is 1. The molecular formula is C13H21FN2O2S. The molecule has 0 heterocycles. The number of nitrogens with one attached hydrogen (secondary N) is 2. The number of hydrogen-bond acceptors (Lipinski definition) is 3. The van der Waals surface area contributed by atoms with Crippen molar-refractivity contribution in [2.45, 2.75) is 25.7 Å². The molecule has 1 atom stereocenters. The van der Waals surface area contributed by atoms with Crippen LogP contribution >= 0.6 is 0 Å². The number of sulfonamides is 1. The van der Waals surface area contributed by atoms with Crippen molar-refractivity contribution in [2.75, 3.05) is 20.1 Å². The minimum Gasteiger partial charge on any atom is -0.319 e. The SMILES string of the molecule is CNCC(C)CNS(=O)(=O)c1c(C)cc(F)cc1C. The Hall–Kier alpha value is -0.980. The smallest absolute Gasteiger partial charge is 0.241 e. The Balaban J connectivity index is 2.95. The zero-order chi connectivity index (χ0) is 14.6. The quantitative estimate of drug-likeness (QED) is 0.835. The number of aryl methyl sites for hydroxylation is 2. The number of hydrogen-bond donors (Lipinski definition) is 2. The standard InChI is InChI=1S/C13H21FN2O2S/c1-9(7-15-4)8-16-19(17,18)13-10(2)5-12(14)6-11(13)3/h5-6,9,15-16H,7-8H2,1-4H3. The van der Waals surface area contributed by atoms with E-state index in [9.17, 15) is 12.8 Å². The van der Waals surface area contributed by atoms with Crippen molar-refractivity contribution in [3.05, 3.63) is 29.1 Å². The lowest BCUT2D eigenvalue weighted by atomic mass is 10.1. The van der Waals surface area contributed by atoms with Crippen molar-refractivity contribution in [1.29, 1.82) is 0 Å². The second kappa shape index (κ2) is 6.45. The normalized spacial score (nSPS) is 13.5. The van der Waals surface area contributed by atoms with E-state index in [0.717, 1.165) is 6.54 Å². The summed E-state index contributed by atoms with van der Waals surface area (Å²) in [5.41, 5.74) is 0.845. The van der Waals surface area contributed by atoms with Gasteiger partial charge in [-0.2, -0.15) is 0 Å². The third-order valence-corrected chi connectivity index (χ3v) is 4.60. The highest BCUT2D eigenvalue weighted by atomic mass is 32.2. The van der Waals surface area contributed by atoms with Gasteiger partial charge in [0.1, 0.15) is 5.82 Å². The van der Waals surface area contributed by atoms with Crippen LogP contribution in [-0.4, -0.2) is 28.6 Å². The minimum absolute atomic E-state index is 0.172. The molecule has 0 aliphatic rings. The van der Waals surface area contributed by atoms with Gasteiger partial charge in [0.05, 0.1) is 4.90 Å².